The maximum Gasteiger partial charge on any atom is 0.321 e. The highest BCUT2D eigenvalue weighted by molar-refractivity contribution is 5.90. The van der Waals surface area contributed by atoms with Crippen molar-refractivity contribution >= 4 is 11.7 Å². The lowest BCUT2D eigenvalue weighted by Gasteiger charge is -2.34. The number of nitrogens with one attached hydrogen (secondary N) is 1. The molecule has 4 heteroatoms. The molecule has 1 aliphatic rings. The van der Waals surface area contributed by atoms with Crippen LogP contribution in [0.3, 0.4) is 0 Å². The number of urea groups is 1. The van der Waals surface area contributed by atoms with Gasteiger partial charge in [-0.3, -0.25) is 4.90 Å². The summed E-state index contributed by atoms with van der Waals surface area (Å²) in [5.74, 6) is 0. The number of carbonyl (C=O) groups is 1. The van der Waals surface area contributed by atoms with Crippen LogP contribution < -0.4 is 5.32 Å². The summed E-state index contributed by atoms with van der Waals surface area (Å²) in [5, 5.41) is 3.03. The topological polar surface area (TPSA) is 35.6 Å². The van der Waals surface area contributed by atoms with Crippen molar-refractivity contribution in [1.82, 2.24) is 9.80 Å². The summed E-state index contributed by atoms with van der Waals surface area (Å²) in [6.07, 6.45) is 2.83. The van der Waals surface area contributed by atoms with Crippen molar-refractivity contribution in [3.8, 4) is 0 Å². The van der Waals surface area contributed by atoms with Gasteiger partial charge in [-0.15, -0.1) is 6.58 Å². The van der Waals surface area contributed by atoms with E-state index in [1.165, 1.54) is 5.56 Å². The Morgan fingerprint density at radius 2 is 2.00 bits per heavy atom. The first kappa shape index (κ1) is 14.6. The van der Waals surface area contributed by atoms with Gasteiger partial charge in [-0.2, -0.15) is 0 Å². The highest BCUT2D eigenvalue weighted by atomic mass is 16.2. The van der Waals surface area contributed by atoms with Crippen LogP contribution >= 0.6 is 0 Å². The van der Waals surface area contributed by atoms with Gasteiger partial charge in [0.1, 0.15) is 0 Å². The zero-order valence-electron chi connectivity index (χ0n) is 12.1. The smallest absolute Gasteiger partial charge is 0.321 e. The van der Waals surface area contributed by atoms with Gasteiger partial charge in [0.25, 0.3) is 0 Å². The molecule has 1 aromatic carbocycles. The van der Waals surface area contributed by atoms with Crippen LogP contribution in [0.15, 0.2) is 36.9 Å². The highest BCUT2D eigenvalue weighted by Gasteiger charge is 2.20. The monoisotopic (exact) mass is 273 g/mol. The van der Waals surface area contributed by atoms with E-state index in [-0.39, 0.29) is 6.03 Å². The lowest BCUT2D eigenvalue weighted by atomic mass is 10.1. The molecular weight excluding hydrogens is 250 g/mol. The average molecular weight is 273 g/mol. The molecule has 1 heterocycles. The number of amides is 2. The molecule has 0 unspecified atom stereocenters. The van der Waals surface area contributed by atoms with Crippen LogP contribution in [0, 0.1) is 0 Å². The second-order valence-electron chi connectivity index (χ2n) is 5.02. The molecule has 0 aliphatic carbocycles. The number of para-hydroxylation sites is 1. The van der Waals surface area contributed by atoms with Crippen molar-refractivity contribution in [1.29, 1.82) is 0 Å². The Balaban J connectivity index is 1.91. The number of aryl methyl sites for hydroxylation is 1. The molecule has 2 rings (SSSR count). The molecule has 0 atom stereocenters. The van der Waals surface area contributed by atoms with Crippen molar-refractivity contribution in [2.24, 2.45) is 0 Å². The largest absolute Gasteiger partial charge is 0.322 e. The molecule has 0 radical (unpaired) electrons. The molecule has 108 valence electrons. The normalized spacial score (nSPS) is 15.9. The summed E-state index contributed by atoms with van der Waals surface area (Å²) in [4.78, 5) is 16.5. The van der Waals surface area contributed by atoms with Gasteiger partial charge in [-0.05, 0) is 18.1 Å². The molecule has 20 heavy (non-hydrogen) atoms. The molecule has 1 aliphatic heterocycles. The second kappa shape index (κ2) is 7.10. The number of hydrogen-bond donors (Lipinski definition) is 1. The summed E-state index contributed by atoms with van der Waals surface area (Å²) in [5.41, 5.74) is 2.10. The van der Waals surface area contributed by atoms with Crippen molar-refractivity contribution < 1.29 is 4.79 Å². The van der Waals surface area contributed by atoms with E-state index in [4.69, 9.17) is 0 Å². The predicted octanol–water partition coefficient (Wildman–Crippen LogP) is 2.58. The summed E-state index contributed by atoms with van der Waals surface area (Å²) in [7, 11) is 0. The highest BCUT2D eigenvalue weighted by Crippen LogP contribution is 2.16. The first-order valence-corrected chi connectivity index (χ1v) is 7.21. The van der Waals surface area contributed by atoms with E-state index in [2.05, 4.69) is 29.8 Å². The van der Waals surface area contributed by atoms with Crippen LogP contribution in [0.2, 0.25) is 0 Å². The summed E-state index contributed by atoms with van der Waals surface area (Å²) < 4.78 is 0. The third-order valence-corrected chi connectivity index (χ3v) is 3.69. The lowest BCUT2D eigenvalue weighted by molar-refractivity contribution is 0.156. The van der Waals surface area contributed by atoms with Gasteiger partial charge in [0.15, 0.2) is 0 Å². The summed E-state index contributed by atoms with van der Waals surface area (Å²) >= 11 is 0. The van der Waals surface area contributed by atoms with Gasteiger partial charge < -0.3 is 10.2 Å². The maximum atomic E-state index is 12.3. The minimum Gasteiger partial charge on any atom is -0.322 e. The van der Waals surface area contributed by atoms with E-state index in [1.54, 1.807) is 0 Å². The number of rotatable bonds is 4. The third-order valence-electron chi connectivity index (χ3n) is 3.69. The van der Waals surface area contributed by atoms with Crippen molar-refractivity contribution in [2.45, 2.75) is 13.3 Å². The van der Waals surface area contributed by atoms with Crippen LogP contribution in [0.4, 0.5) is 10.5 Å². The molecule has 0 bridgehead atoms. The SMILES string of the molecule is C=CCN1CCN(C(=O)Nc2ccccc2CC)CC1. The molecule has 0 saturated carbocycles. The first-order chi connectivity index (χ1) is 9.74. The standard InChI is InChI=1S/C16H23N3O/c1-3-9-18-10-12-19(13-11-18)16(20)17-15-8-6-5-7-14(15)4-2/h3,5-8H,1,4,9-13H2,2H3,(H,17,20). The molecule has 1 saturated heterocycles. The Bertz CT molecular complexity index is 465. The van der Waals surface area contributed by atoms with Gasteiger partial charge >= 0.3 is 6.03 Å². The molecule has 1 aromatic rings. The first-order valence-electron chi connectivity index (χ1n) is 7.21. The summed E-state index contributed by atoms with van der Waals surface area (Å²) in [6.45, 7) is 10.1. The van der Waals surface area contributed by atoms with E-state index in [0.717, 1.165) is 44.8 Å². The number of anilines is 1. The number of nitrogens with zero attached hydrogens (tertiary/aromatic N) is 2. The Hall–Kier alpha value is -1.81. The number of piperazine rings is 1. The fourth-order valence-electron chi connectivity index (χ4n) is 2.46. The Kier molecular flexibility index (Phi) is 5.18. The summed E-state index contributed by atoms with van der Waals surface area (Å²) in [6, 6.07) is 7.98. The number of carbonyl (C=O) groups excluding carboxylic acids is 1. The molecule has 2 amide bonds. The molecule has 4 nitrogen and oxygen atoms in total. The van der Waals surface area contributed by atoms with E-state index in [9.17, 15) is 4.79 Å². The minimum absolute atomic E-state index is 0.00385. The third kappa shape index (κ3) is 3.61. The van der Waals surface area contributed by atoms with Crippen LogP contribution in [0.5, 0.6) is 0 Å². The van der Waals surface area contributed by atoms with E-state index < -0.39 is 0 Å². The van der Waals surface area contributed by atoms with E-state index in [0.29, 0.717) is 0 Å². The van der Waals surface area contributed by atoms with E-state index >= 15 is 0 Å². The van der Waals surface area contributed by atoms with Gasteiger partial charge in [0.05, 0.1) is 0 Å². The minimum atomic E-state index is 0.00385. The average Bonchev–Trinajstić information content (AvgIpc) is 2.49. The van der Waals surface area contributed by atoms with Crippen LogP contribution in [0.25, 0.3) is 0 Å². The van der Waals surface area contributed by atoms with Gasteiger partial charge in [-0.1, -0.05) is 31.2 Å². The number of benzene rings is 1. The zero-order chi connectivity index (χ0) is 14.4. The quantitative estimate of drug-likeness (QED) is 0.856. The van der Waals surface area contributed by atoms with E-state index in [1.807, 2.05) is 29.2 Å². The van der Waals surface area contributed by atoms with Crippen LogP contribution in [-0.4, -0.2) is 48.6 Å². The van der Waals surface area contributed by atoms with Crippen LogP contribution in [0.1, 0.15) is 12.5 Å². The van der Waals surface area contributed by atoms with Crippen LogP contribution in [-0.2, 0) is 6.42 Å². The molecule has 1 fully saturated rings. The van der Waals surface area contributed by atoms with Gasteiger partial charge in [-0.25, -0.2) is 4.79 Å². The van der Waals surface area contributed by atoms with Gasteiger partial charge in [0.2, 0.25) is 0 Å². The predicted molar refractivity (Wildman–Crippen MR) is 83.0 cm³/mol. The van der Waals surface area contributed by atoms with Crippen molar-refractivity contribution in [3.63, 3.8) is 0 Å². The lowest BCUT2D eigenvalue weighted by Crippen LogP contribution is -2.49. The Morgan fingerprint density at radius 1 is 1.30 bits per heavy atom. The molecule has 0 aromatic heterocycles. The van der Waals surface area contributed by atoms with Crippen molar-refractivity contribution in [2.75, 3.05) is 38.0 Å². The fourth-order valence-corrected chi connectivity index (χ4v) is 2.46. The number of hydrogen-bond acceptors (Lipinski definition) is 2. The Labute approximate surface area is 121 Å². The fraction of sp³-hybridized carbons (Fsp3) is 0.438. The molecule has 1 N–H and O–H groups in total. The molecular formula is C16H23N3O. The van der Waals surface area contributed by atoms with Gasteiger partial charge in [0, 0.05) is 38.4 Å². The second-order valence-corrected chi connectivity index (χ2v) is 5.02. The van der Waals surface area contributed by atoms with Crippen molar-refractivity contribution in [3.05, 3.63) is 42.5 Å². The maximum absolute atomic E-state index is 12.3. The zero-order valence-corrected chi connectivity index (χ0v) is 12.1. The Morgan fingerprint density at radius 3 is 2.65 bits per heavy atom. The molecule has 0 spiro atoms.